The fraction of sp³-hybridized carbons (Fsp3) is 0.143. The molecule has 0 saturated carbocycles. The molecular weight excluding hydrogens is 222 g/mol. The smallest absolute Gasteiger partial charge is 0.243 e. The first-order valence-corrected chi connectivity index (χ1v) is 4.24. The van der Waals surface area contributed by atoms with Gasteiger partial charge in [-0.15, -0.1) is 0 Å². The zero-order valence-electron chi connectivity index (χ0n) is 6.10. The van der Waals surface area contributed by atoms with Crippen LogP contribution in [0.3, 0.4) is 0 Å². The summed E-state index contributed by atoms with van der Waals surface area (Å²) < 4.78 is 0.713. The van der Waals surface area contributed by atoms with Crippen LogP contribution in [0, 0.1) is 0 Å². The monoisotopic (exact) mass is 227 g/mol. The van der Waals surface area contributed by atoms with Crippen molar-refractivity contribution in [1.29, 1.82) is 0 Å². The second kappa shape index (κ2) is 2.75. The highest BCUT2D eigenvalue weighted by Crippen LogP contribution is 2.25. The molecule has 62 valence electrons. The van der Waals surface area contributed by atoms with E-state index in [1.54, 1.807) is 12.3 Å². The summed E-state index contributed by atoms with van der Waals surface area (Å²) in [4.78, 5) is 14.9. The summed E-state index contributed by atoms with van der Waals surface area (Å²) in [5, 5.41) is 5.67. The summed E-state index contributed by atoms with van der Waals surface area (Å²) in [7, 11) is 0. The molecule has 1 aliphatic heterocycles. The first kappa shape index (κ1) is 7.54. The largest absolute Gasteiger partial charge is 0.373 e. The van der Waals surface area contributed by atoms with Crippen LogP contribution in [-0.4, -0.2) is 17.4 Å². The molecule has 1 aliphatic rings. The van der Waals surface area contributed by atoms with Crippen molar-refractivity contribution in [1.82, 2.24) is 4.98 Å². The molecule has 0 atom stereocenters. The van der Waals surface area contributed by atoms with Gasteiger partial charge in [-0.05, 0) is 22.0 Å². The van der Waals surface area contributed by atoms with Crippen molar-refractivity contribution in [3.8, 4) is 0 Å². The third-order valence-corrected chi connectivity index (χ3v) is 2.02. The molecule has 0 radical (unpaired) electrons. The Balaban J connectivity index is 2.44. The van der Waals surface area contributed by atoms with Crippen molar-refractivity contribution >= 4 is 33.2 Å². The topological polar surface area (TPSA) is 54.0 Å². The summed E-state index contributed by atoms with van der Waals surface area (Å²) in [6, 6.07) is 1.76. The maximum absolute atomic E-state index is 10.9. The lowest BCUT2D eigenvalue weighted by Crippen LogP contribution is -2.27. The minimum Gasteiger partial charge on any atom is -0.373 e. The molecule has 1 aromatic heterocycles. The van der Waals surface area contributed by atoms with E-state index >= 15 is 0 Å². The number of aromatic nitrogens is 1. The molecule has 5 heteroatoms. The standard InChI is InChI=1S/C7H6BrN3O/c8-6-1-4-5(2-10-6)9-3-7(12)11-4/h1-2,9H,3H2,(H,11,12). The van der Waals surface area contributed by atoms with Crippen LogP contribution in [0.25, 0.3) is 0 Å². The molecule has 0 spiro atoms. The highest BCUT2D eigenvalue weighted by atomic mass is 79.9. The zero-order valence-corrected chi connectivity index (χ0v) is 7.68. The van der Waals surface area contributed by atoms with Gasteiger partial charge in [0.05, 0.1) is 24.1 Å². The lowest BCUT2D eigenvalue weighted by molar-refractivity contribution is -0.114. The lowest BCUT2D eigenvalue weighted by Gasteiger charge is -2.17. The Bertz CT molecular complexity index is 339. The average Bonchev–Trinajstić information content (AvgIpc) is 2.03. The molecule has 0 bridgehead atoms. The van der Waals surface area contributed by atoms with Gasteiger partial charge in [-0.2, -0.15) is 0 Å². The van der Waals surface area contributed by atoms with Gasteiger partial charge in [-0.1, -0.05) is 0 Å². The number of hydrogen-bond acceptors (Lipinski definition) is 3. The summed E-state index contributed by atoms with van der Waals surface area (Å²) in [5.74, 6) is -0.0272. The maximum Gasteiger partial charge on any atom is 0.243 e. The molecule has 2 rings (SSSR count). The van der Waals surface area contributed by atoms with Crippen molar-refractivity contribution in [2.24, 2.45) is 0 Å². The van der Waals surface area contributed by atoms with E-state index < -0.39 is 0 Å². The van der Waals surface area contributed by atoms with Crippen LogP contribution in [0.5, 0.6) is 0 Å². The molecule has 2 heterocycles. The van der Waals surface area contributed by atoms with Gasteiger partial charge in [0.1, 0.15) is 4.60 Å². The number of halogens is 1. The van der Waals surface area contributed by atoms with E-state index in [1.807, 2.05) is 0 Å². The minimum atomic E-state index is -0.0272. The number of nitrogens with zero attached hydrogens (tertiary/aromatic N) is 1. The number of rotatable bonds is 0. The maximum atomic E-state index is 10.9. The Labute approximate surface area is 77.5 Å². The number of fused-ring (bicyclic) bond motifs is 1. The van der Waals surface area contributed by atoms with Crippen molar-refractivity contribution in [2.75, 3.05) is 17.2 Å². The third-order valence-electron chi connectivity index (χ3n) is 1.58. The number of anilines is 2. The summed E-state index contributed by atoms with van der Waals surface area (Å²) >= 11 is 3.22. The highest BCUT2D eigenvalue weighted by molar-refractivity contribution is 9.10. The van der Waals surface area contributed by atoms with E-state index in [2.05, 4.69) is 31.5 Å². The second-order valence-electron chi connectivity index (χ2n) is 2.45. The van der Waals surface area contributed by atoms with Gasteiger partial charge in [0.25, 0.3) is 0 Å². The highest BCUT2D eigenvalue weighted by Gasteiger charge is 2.13. The van der Waals surface area contributed by atoms with Crippen molar-refractivity contribution in [3.05, 3.63) is 16.9 Å². The van der Waals surface area contributed by atoms with E-state index in [-0.39, 0.29) is 5.91 Å². The minimum absolute atomic E-state index is 0.0272. The third kappa shape index (κ3) is 1.27. The average molecular weight is 228 g/mol. The van der Waals surface area contributed by atoms with Gasteiger partial charge in [-0.3, -0.25) is 4.79 Å². The summed E-state index contributed by atoms with van der Waals surface area (Å²) in [6.07, 6.45) is 1.68. The van der Waals surface area contributed by atoms with E-state index in [0.717, 1.165) is 11.4 Å². The van der Waals surface area contributed by atoms with E-state index in [0.29, 0.717) is 11.1 Å². The SMILES string of the molecule is O=C1CNc2cnc(Br)cc2N1. The zero-order chi connectivity index (χ0) is 8.55. The molecule has 4 nitrogen and oxygen atoms in total. The number of carbonyl (C=O) groups excluding carboxylic acids is 1. The number of pyridine rings is 1. The van der Waals surface area contributed by atoms with E-state index in [1.165, 1.54) is 0 Å². The predicted molar refractivity (Wildman–Crippen MR) is 49.1 cm³/mol. The Morgan fingerprint density at radius 3 is 3.17 bits per heavy atom. The first-order chi connectivity index (χ1) is 5.75. The quantitative estimate of drug-likeness (QED) is 0.656. The normalized spacial score (nSPS) is 14.6. The van der Waals surface area contributed by atoms with Gasteiger partial charge in [0.2, 0.25) is 5.91 Å². The first-order valence-electron chi connectivity index (χ1n) is 3.45. The summed E-state index contributed by atoms with van der Waals surface area (Å²) in [6.45, 7) is 0.316. The van der Waals surface area contributed by atoms with Crippen molar-refractivity contribution in [2.45, 2.75) is 0 Å². The lowest BCUT2D eigenvalue weighted by atomic mass is 10.3. The van der Waals surface area contributed by atoms with Gasteiger partial charge in [-0.25, -0.2) is 4.98 Å². The number of nitrogens with one attached hydrogen (secondary N) is 2. The van der Waals surface area contributed by atoms with Crippen LogP contribution in [0.1, 0.15) is 0 Å². The van der Waals surface area contributed by atoms with Gasteiger partial charge in [0, 0.05) is 0 Å². The Hall–Kier alpha value is -1.10. The number of amides is 1. The fourth-order valence-corrected chi connectivity index (χ4v) is 1.38. The van der Waals surface area contributed by atoms with E-state index in [4.69, 9.17) is 0 Å². The van der Waals surface area contributed by atoms with Crippen LogP contribution in [0.2, 0.25) is 0 Å². The van der Waals surface area contributed by atoms with Crippen LogP contribution < -0.4 is 10.6 Å². The van der Waals surface area contributed by atoms with Crippen LogP contribution in [0.15, 0.2) is 16.9 Å². The van der Waals surface area contributed by atoms with Crippen LogP contribution >= 0.6 is 15.9 Å². The van der Waals surface area contributed by atoms with Gasteiger partial charge in [0.15, 0.2) is 0 Å². The van der Waals surface area contributed by atoms with Gasteiger partial charge < -0.3 is 10.6 Å². The van der Waals surface area contributed by atoms with Crippen molar-refractivity contribution in [3.63, 3.8) is 0 Å². The number of carbonyl (C=O) groups is 1. The van der Waals surface area contributed by atoms with Crippen LogP contribution in [0.4, 0.5) is 11.4 Å². The van der Waals surface area contributed by atoms with Crippen LogP contribution in [-0.2, 0) is 4.79 Å². The second-order valence-corrected chi connectivity index (χ2v) is 3.27. The molecule has 0 unspecified atom stereocenters. The van der Waals surface area contributed by atoms with Crippen molar-refractivity contribution < 1.29 is 4.79 Å². The predicted octanol–water partition coefficient (Wildman–Crippen LogP) is 1.21. The fourth-order valence-electron chi connectivity index (χ4n) is 1.04. The Morgan fingerprint density at radius 2 is 2.33 bits per heavy atom. The molecule has 1 aromatic rings. The molecule has 0 aromatic carbocycles. The Kier molecular flexibility index (Phi) is 1.73. The van der Waals surface area contributed by atoms with E-state index in [9.17, 15) is 4.79 Å². The number of hydrogen-bond donors (Lipinski definition) is 2. The molecule has 0 fully saturated rings. The molecule has 0 saturated heterocycles. The Morgan fingerprint density at radius 1 is 1.50 bits per heavy atom. The molecule has 0 aliphatic carbocycles. The van der Waals surface area contributed by atoms with Gasteiger partial charge >= 0.3 is 0 Å². The molecular formula is C7H6BrN3O. The molecule has 1 amide bonds. The molecule has 2 N–H and O–H groups in total. The summed E-state index contributed by atoms with van der Waals surface area (Å²) in [5.41, 5.74) is 1.63. The molecule has 12 heavy (non-hydrogen) atoms.